The minimum Gasteiger partial charge on any atom is -0.462 e. The van der Waals surface area contributed by atoms with Crippen molar-refractivity contribution in [2.75, 3.05) is 33.0 Å². The Morgan fingerprint density at radius 3 is 1.30 bits per heavy atom. The van der Waals surface area contributed by atoms with E-state index in [1.54, 1.807) is 0 Å². The van der Waals surface area contributed by atoms with Crippen LogP contribution in [0.5, 0.6) is 0 Å². The van der Waals surface area contributed by atoms with E-state index in [4.69, 9.17) is 23.3 Å². The third kappa shape index (κ3) is 44.4. The summed E-state index contributed by atoms with van der Waals surface area (Å²) in [5.41, 5.74) is 0.0199. The number of alkyl carbamates (subject to hydrolysis) is 1. The van der Waals surface area contributed by atoms with Crippen LogP contribution in [0.3, 0.4) is 0 Å². The molecule has 0 aliphatic rings. The Hall–Kier alpha value is -1.68. The van der Waals surface area contributed by atoms with Crippen molar-refractivity contribution in [3.8, 4) is 0 Å². The standard InChI is InChI=1S/C48H94NO10P/c1-6-8-10-12-14-16-18-20-22-24-26-28-30-32-34-36-45(50)56-42-44(43-58-60(53,54)57-41-39-49-47(52)55-40-38-48(3,4)5)59-46(51)37-35-33-31-29-27-25-23-21-19-17-15-13-11-9-7-2/h44H,6-43H2,1-5H3,(H,49,52)(H,53,54)/t44-/m1/s1. The van der Waals surface area contributed by atoms with Crippen LogP contribution in [0, 0.1) is 5.41 Å². The van der Waals surface area contributed by atoms with Crippen LogP contribution in [-0.4, -0.2) is 62.0 Å². The molecule has 356 valence electrons. The Balaban J connectivity index is 4.49. The van der Waals surface area contributed by atoms with Gasteiger partial charge in [-0.05, 0) is 24.7 Å². The predicted molar refractivity (Wildman–Crippen MR) is 245 cm³/mol. The van der Waals surface area contributed by atoms with Gasteiger partial charge in [0.05, 0.1) is 19.8 Å². The summed E-state index contributed by atoms with van der Waals surface area (Å²) >= 11 is 0. The summed E-state index contributed by atoms with van der Waals surface area (Å²) in [6.07, 6.45) is 36.4. The second-order valence-corrected chi connectivity index (χ2v) is 19.6. The number of nitrogens with one attached hydrogen (secondary N) is 1. The van der Waals surface area contributed by atoms with Crippen LogP contribution >= 0.6 is 7.82 Å². The molecule has 0 aromatic heterocycles. The minimum atomic E-state index is -4.56. The highest BCUT2D eigenvalue weighted by Gasteiger charge is 2.26. The zero-order valence-corrected chi connectivity index (χ0v) is 40.4. The minimum absolute atomic E-state index is 0.0199. The van der Waals surface area contributed by atoms with Crippen LogP contribution in [0.25, 0.3) is 0 Å². The summed E-state index contributed by atoms with van der Waals surface area (Å²) < 4.78 is 38.8. The van der Waals surface area contributed by atoms with Crippen LogP contribution < -0.4 is 5.32 Å². The lowest BCUT2D eigenvalue weighted by Crippen LogP contribution is -2.30. The monoisotopic (exact) mass is 876 g/mol. The molecule has 0 aliphatic carbocycles. The average molecular weight is 876 g/mol. The topological polar surface area (TPSA) is 147 Å². The molecule has 0 fully saturated rings. The fourth-order valence-electron chi connectivity index (χ4n) is 6.93. The molecule has 1 amide bonds. The first-order chi connectivity index (χ1) is 28.9. The van der Waals surface area contributed by atoms with Gasteiger partial charge in [0.2, 0.25) is 0 Å². The van der Waals surface area contributed by atoms with Gasteiger partial charge in [-0.1, -0.05) is 214 Å². The Bertz CT molecular complexity index is 1050. The van der Waals surface area contributed by atoms with Crippen LogP contribution in [0.15, 0.2) is 0 Å². The van der Waals surface area contributed by atoms with Crippen LogP contribution in [-0.2, 0) is 37.4 Å². The van der Waals surface area contributed by atoms with Crippen LogP contribution in [0.1, 0.15) is 247 Å². The molecule has 60 heavy (non-hydrogen) atoms. The third-order valence-electron chi connectivity index (χ3n) is 10.8. The molecule has 0 bridgehead atoms. The van der Waals surface area contributed by atoms with Gasteiger partial charge < -0.3 is 24.4 Å². The molecule has 2 atom stereocenters. The molecule has 0 aromatic carbocycles. The zero-order chi connectivity index (χ0) is 44.4. The van der Waals surface area contributed by atoms with Crippen molar-refractivity contribution in [2.45, 2.75) is 253 Å². The molecular weight excluding hydrogens is 781 g/mol. The average Bonchev–Trinajstić information content (AvgIpc) is 3.20. The molecule has 0 aliphatic heterocycles. The van der Waals surface area contributed by atoms with Crippen molar-refractivity contribution in [1.82, 2.24) is 5.32 Å². The van der Waals surface area contributed by atoms with Crippen molar-refractivity contribution in [1.29, 1.82) is 0 Å². The van der Waals surface area contributed by atoms with Gasteiger partial charge in [0, 0.05) is 19.4 Å². The quantitative estimate of drug-likeness (QED) is 0.0262. The number of hydrogen-bond donors (Lipinski definition) is 2. The fourth-order valence-corrected chi connectivity index (χ4v) is 7.68. The van der Waals surface area contributed by atoms with E-state index >= 15 is 0 Å². The molecule has 0 saturated carbocycles. The summed E-state index contributed by atoms with van der Waals surface area (Å²) in [5, 5.41) is 2.47. The van der Waals surface area contributed by atoms with Gasteiger partial charge in [-0.3, -0.25) is 18.6 Å². The van der Waals surface area contributed by atoms with Crippen molar-refractivity contribution < 1.29 is 47.1 Å². The van der Waals surface area contributed by atoms with E-state index in [1.807, 2.05) is 20.8 Å². The SMILES string of the molecule is CCCCCCCCCCCCCCCCCC(=O)OC[C@H](COP(=O)(O)OCCNC(=O)OCCC(C)(C)C)OC(=O)CCCCCCCCCCCCCCCCC. The summed E-state index contributed by atoms with van der Waals surface area (Å²) in [6.45, 7) is 9.73. The number of carbonyl (C=O) groups excluding carboxylic acids is 3. The Morgan fingerprint density at radius 1 is 0.517 bits per heavy atom. The zero-order valence-electron chi connectivity index (χ0n) is 39.5. The number of ether oxygens (including phenoxy) is 3. The van der Waals surface area contributed by atoms with Crippen LogP contribution in [0.2, 0.25) is 0 Å². The van der Waals surface area contributed by atoms with Gasteiger partial charge in [-0.25, -0.2) is 9.36 Å². The van der Waals surface area contributed by atoms with Crippen molar-refractivity contribution in [3.05, 3.63) is 0 Å². The van der Waals surface area contributed by atoms with Gasteiger partial charge in [0.15, 0.2) is 6.10 Å². The fraction of sp³-hybridized carbons (Fsp3) is 0.938. The van der Waals surface area contributed by atoms with Gasteiger partial charge in [0.1, 0.15) is 6.61 Å². The highest BCUT2D eigenvalue weighted by molar-refractivity contribution is 7.47. The normalized spacial score (nSPS) is 13.2. The van der Waals surface area contributed by atoms with E-state index < -0.39 is 38.6 Å². The van der Waals surface area contributed by atoms with Gasteiger partial charge >= 0.3 is 25.9 Å². The maximum absolute atomic E-state index is 12.8. The predicted octanol–water partition coefficient (Wildman–Crippen LogP) is 14.3. The molecule has 2 N–H and O–H groups in total. The molecular formula is C48H94NO10P. The molecule has 0 aromatic rings. The summed E-state index contributed by atoms with van der Waals surface area (Å²) in [6, 6.07) is 0. The first kappa shape index (κ1) is 58.3. The summed E-state index contributed by atoms with van der Waals surface area (Å²) in [7, 11) is -4.56. The number of hydrogen-bond acceptors (Lipinski definition) is 9. The lowest BCUT2D eigenvalue weighted by Gasteiger charge is -2.20. The number of amides is 1. The molecule has 0 saturated heterocycles. The molecule has 12 heteroatoms. The van der Waals surface area contributed by atoms with Gasteiger partial charge in [-0.15, -0.1) is 0 Å². The van der Waals surface area contributed by atoms with Gasteiger partial charge in [-0.2, -0.15) is 0 Å². The third-order valence-corrected chi connectivity index (χ3v) is 11.8. The lowest BCUT2D eigenvalue weighted by molar-refractivity contribution is -0.161. The van der Waals surface area contributed by atoms with E-state index in [0.29, 0.717) is 12.8 Å². The molecule has 0 rings (SSSR count). The Labute approximate surface area is 368 Å². The van der Waals surface area contributed by atoms with E-state index in [2.05, 4.69) is 19.2 Å². The molecule has 0 spiro atoms. The number of phosphoric acid groups is 1. The first-order valence-corrected chi connectivity index (χ1v) is 26.3. The second-order valence-electron chi connectivity index (χ2n) is 18.2. The maximum Gasteiger partial charge on any atom is 0.472 e. The van der Waals surface area contributed by atoms with Crippen LogP contribution in [0.4, 0.5) is 4.79 Å². The smallest absolute Gasteiger partial charge is 0.462 e. The lowest BCUT2D eigenvalue weighted by atomic mass is 9.93. The van der Waals surface area contributed by atoms with E-state index in [9.17, 15) is 23.8 Å². The number of phosphoric ester groups is 1. The Kier molecular flexibility index (Phi) is 40.2. The van der Waals surface area contributed by atoms with Gasteiger partial charge in [0.25, 0.3) is 0 Å². The molecule has 1 unspecified atom stereocenters. The molecule has 0 radical (unpaired) electrons. The maximum atomic E-state index is 12.8. The first-order valence-electron chi connectivity index (χ1n) is 24.8. The highest BCUT2D eigenvalue weighted by Crippen LogP contribution is 2.43. The number of unbranched alkanes of at least 4 members (excludes halogenated alkanes) is 28. The number of esters is 2. The summed E-state index contributed by atoms with van der Waals surface area (Å²) in [5.74, 6) is -0.878. The molecule has 0 heterocycles. The Morgan fingerprint density at radius 2 is 0.900 bits per heavy atom. The van der Waals surface area contributed by atoms with E-state index in [1.165, 1.54) is 148 Å². The van der Waals surface area contributed by atoms with Crippen molar-refractivity contribution in [3.63, 3.8) is 0 Å². The number of carbonyl (C=O) groups is 3. The highest BCUT2D eigenvalue weighted by atomic mass is 31.2. The molecule has 11 nitrogen and oxygen atoms in total. The van der Waals surface area contributed by atoms with E-state index in [0.717, 1.165) is 38.5 Å². The van der Waals surface area contributed by atoms with Crippen molar-refractivity contribution in [2.24, 2.45) is 5.41 Å². The van der Waals surface area contributed by atoms with Crippen molar-refractivity contribution >= 4 is 25.9 Å². The second kappa shape index (κ2) is 41.3. The summed E-state index contributed by atoms with van der Waals surface area (Å²) in [4.78, 5) is 47.4. The van der Waals surface area contributed by atoms with E-state index in [-0.39, 0.29) is 44.6 Å². The number of rotatable bonds is 44. The largest absolute Gasteiger partial charge is 0.472 e.